The summed E-state index contributed by atoms with van der Waals surface area (Å²) in [6, 6.07) is 13.5. The van der Waals surface area contributed by atoms with Crippen LogP contribution in [-0.4, -0.2) is 37.3 Å². The molecule has 0 saturated heterocycles. The molecule has 0 spiro atoms. The van der Waals surface area contributed by atoms with Crippen LogP contribution in [0.5, 0.6) is 5.75 Å². The van der Waals surface area contributed by atoms with E-state index in [1.165, 1.54) is 12.1 Å². The van der Waals surface area contributed by atoms with E-state index in [1.807, 2.05) is 25.1 Å². The molecule has 0 aliphatic carbocycles. The van der Waals surface area contributed by atoms with Gasteiger partial charge in [0.25, 0.3) is 10.0 Å². The fraction of sp³-hybridized carbons (Fsp3) is 0.200. The number of rotatable bonds is 4. The van der Waals surface area contributed by atoms with Gasteiger partial charge in [0.2, 0.25) is 0 Å². The summed E-state index contributed by atoms with van der Waals surface area (Å²) in [4.78, 5) is 0. The van der Waals surface area contributed by atoms with E-state index >= 15 is 0 Å². The summed E-state index contributed by atoms with van der Waals surface area (Å²) in [5.74, 6) is 0.619. The van der Waals surface area contributed by atoms with Crippen LogP contribution in [0.25, 0.3) is 5.57 Å². The summed E-state index contributed by atoms with van der Waals surface area (Å²) in [7, 11) is -3.48. The Bertz CT molecular complexity index is 1110. The first-order chi connectivity index (χ1) is 13.4. The monoisotopic (exact) mass is 399 g/mol. The Balaban J connectivity index is 1.56. The molecule has 0 amide bonds. The highest BCUT2D eigenvalue weighted by Gasteiger charge is 2.29. The third-order valence-electron chi connectivity index (χ3n) is 4.36. The molecule has 4 rings (SSSR count). The normalized spacial score (nSPS) is 17.9. The molecule has 2 aliphatic heterocycles. The van der Waals surface area contributed by atoms with Crippen LogP contribution in [-0.2, 0) is 16.6 Å². The smallest absolute Gasteiger partial charge is 0.256 e. The molecular weight excluding hydrogens is 381 g/mol. The van der Waals surface area contributed by atoms with Crippen LogP contribution < -0.4 is 4.74 Å². The summed E-state index contributed by atoms with van der Waals surface area (Å²) >= 11 is 0. The third kappa shape index (κ3) is 3.96. The van der Waals surface area contributed by atoms with E-state index < -0.39 is 10.0 Å². The zero-order valence-electron chi connectivity index (χ0n) is 15.2. The van der Waals surface area contributed by atoms with Gasteiger partial charge in [-0.1, -0.05) is 24.3 Å². The lowest BCUT2D eigenvalue weighted by molar-refractivity contribution is 0.305. The maximum Gasteiger partial charge on any atom is 0.256 e. The molecule has 0 unspecified atom stereocenters. The number of hydrogen-bond donors (Lipinski definition) is 0. The zero-order chi connectivity index (χ0) is 19.7. The van der Waals surface area contributed by atoms with Gasteiger partial charge in [-0.3, -0.25) is 0 Å². The van der Waals surface area contributed by atoms with E-state index in [9.17, 15) is 12.8 Å². The maximum absolute atomic E-state index is 13.2. The van der Waals surface area contributed by atoms with Gasteiger partial charge in [-0.15, -0.1) is 4.40 Å². The van der Waals surface area contributed by atoms with Gasteiger partial charge < -0.3 is 4.74 Å². The second-order valence-electron chi connectivity index (χ2n) is 6.57. The molecular formula is C20H18FN3O3S. The summed E-state index contributed by atoms with van der Waals surface area (Å²) in [5, 5.41) is 5.98. The number of nitrogens with zero attached hydrogens (tertiary/aromatic N) is 3. The Labute approximate surface area is 162 Å². The number of allylic oxidation sites excluding steroid dienone is 1. The number of amidine groups is 1. The lowest BCUT2D eigenvalue weighted by Gasteiger charge is -2.29. The minimum absolute atomic E-state index is 0.0482. The largest absolute Gasteiger partial charge is 0.489 e. The molecule has 2 heterocycles. The van der Waals surface area contributed by atoms with Crippen LogP contribution in [0.15, 0.2) is 64.1 Å². The van der Waals surface area contributed by atoms with E-state index in [2.05, 4.69) is 9.50 Å². The SMILES string of the molecule is CC1=NN2CCS(=O)(=O)N=C2C(c2ccc(OCc3cccc(F)c3)cc2)=C1. The van der Waals surface area contributed by atoms with Crippen molar-refractivity contribution in [2.24, 2.45) is 9.50 Å². The van der Waals surface area contributed by atoms with Crippen LogP contribution in [0.4, 0.5) is 4.39 Å². The molecule has 0 N–H and O–H groups in total. The molecule has 8 heteroatoms. The molecule has 0 saturated carbocycles. The Morgan fingerprint density at radius 1 is 1.18 bits per heavy atom. The molecule has 144 valence electrons. The van der Waals surface area contributed by atoms with Crippen molar-refractivity contribution in [3.63, 3.8) is 0 Å². The summed E-state index contributed by atoms with van der Waals surface area (Å²) in [6.45, 7) is 2.39. The van der Waals surface area contributed by atoms with E-state index in [0.717, 1.165) is 16.8 Å². The number of ether oxygens (including phenoxy) is 1. The zero-order valence-corrected chi connectivity index (χ0v) is 16.0. The molecule has 2 aromatic carbocycles. The van der Waals surface area contributed by atoms with Gasteiger partial charge in [0.1, 0.15) is 18.2 Å². The molecule has 0 aromatic heterocycles. The quantitative estimate of drug-likeness (QED) is 0.792. The molecule has 0 fully saturated rings. The summed E-state index contributed by atoms with van der Waals surface area (Å²) < 4.78 is 46.7. The van der Waals surface area contributed by atoms with Crippen LogP contribution in [0, 0.1) is 5.82 Å². The van der Waals surface area contributed by atoms with Gasteiger partial charge in [0.05, 0.1) is 18.0 Å². The first-order valence-electron chi connectivity index (χ1n) is 8.75. The average molecular weight is 399 g/mol. The molecule has 0 atom stereocenters. The van der Waals surface area contributed by atoms with Crippen molar-refractivity contribution in [3.8, 4) is 5.75 Å². The average Bonchev–Trinajstić information content (AvgIpc) is 2.66. The third-order valence-corrected chi connectivity index (χ3v) is 5.51. The van der Waals surface area contributed by atoms with Crippen molar-refractivity contribution in [3.05, 3.63) is 71.6 Å². The number of fused-ring (bicyclic) bond motifs is 1. The Kier molecular flexibility index (Phi) is 4.72. The van der Waals surface area contributed by atoms with Gasteiger partial charge in [0, 0.05) is 5.57 Å². The number of halogens is 1. The molecule has 2 aromatic rings. The van der Waals surface area contributed by atoms with E-state index in [1.54, 1.807) is 29.3 Å². The van der Waals surface area contributed by atoms with Gasteiger partial charge in [-0.05, 0) is 48.4 Å². The number of hydrazone groups is 1. The first kappa shape index (κ1) is 18.4. The van der Waals surface area contributed by atoms with Crippen molar-refractivity contribution in [2.75, 3.05) is 12.3 Å². The topological polar surface area (TPSA) is 71.3 Å². The van der Waals surface area contributed by atoms with Crippen molar-refractivity contribution in [2.45, 2.75) is 13.5 Å². The number of benzene rings is 2. The fourth-order valence-electron chi connectivity index (χ4n) is 3.05. The highest BCUT2D eigenvalue weighted by molar-refractivity contribution is 7.90. The van der Waals surface area contributed by atoms with E-state index in [0.29, 0.717) is 17.2 Å². The number of sulfonamides is 1. The van der Waals surface area contributed by atoms with Gasteiger partial charge in [-0.2, -0.15) is 5.10 Å². The van der Waals surface area contributed by atoms with Crippen molar-refractivity contribution < 1.29 is 17.5 Å². The molecule has 28 heavy (non-hydrogen) atoms. The van der Waals surface area contributed by atoms with Crippen LogP contribution in [0.3, 0.4) is 0 Å². The van der Waals surface area contributed by atoms with Crippen molar-refractivity contribution >= 4 is 27.1 Å². The van der Waals surface area contributed by atoms with Crippen LogP contribution >= 0.6 is 0 Å². The van der Waals surface area contributed by atoms with Gasteiger partial charge >= 0.3 is 0 Å². The predicted molar refractivity (Wildman–Crippen MR) is 106 cm³/mol. The van der Waals surface area contributed by atoms with Crippen molar-refractivity contribution in [1.82, 2.24) is 5.01 Å². The first-order valence-corrected chi connectivity index (χ1v) is 10.4. The summed E-state index contributed by atoms with van der Waals surface area (Å²) in [6.07, 6.45) is 1.82. The highest BCUT2D eigenvalue weighted by atomic mass is 32.2. The molecule has 2 aliphatic rings. The number of hydrogen-bond acceptors (Lipinski definition) is 5. The van der Waals surface area contributed by atoms with E-state index in [-0.39, 0.29) is 24.7 Å². The molecule has 0 radical (unpaired) electrons. The standard InChI is InChI=1S/C20H18FN3O3S/c1-14-11-19(20-23-28(25,26)10-9-24(20)22-14)16-5-7-18(8-6-16)27-13-15-3-2-4-17(21)12-15/h2-8,11-12H,9-10,13H2,1H3. The molecule has 6 nitrogen and oxygen atoms in total. The Morgan fingerprint density at radius 2 is 1.96 bits per heavy atom. The lowest BCUT2D eigenvalue weighted by atomic mass is 10.0. The van der Waals surface area contributed by atoms with E-state index in [4.69, 9.17) is 4.74 Å². The molecule has 0 bridgehead atoms. The Morgan fingerprint density at radius 3 is 2.71 bits per heavy atom. The highest BCUT2D eigenvalue weighted by Crippen LogP contribution is 2.27. The summed E-state index contributed by atoms with van der Waals surface area (Å²) in [5.41, 5.74) is 3.03. The van der Waals surface area contributed by atoms with Gasteiger partial charge in [0.15, 0.2) is 5.84 Å². The van der Waals surface area contributed by atoms with Crippen LogP contribution in [0.1, 0.15) is 18.1 Å². The fourth-order valence-corrected chi connectivity index (χ4v) is 4.00. The van der Waals surface area contributed by atoms with Crippen LogP contribution in [0.2, 0.25) is 0 Å². The maximum atomic E-state index is 13.2. The minimum atomic E-state index is -3.48. The van der Waals surface area contributed by atoms with Gasteiger partial charge in [-0.25, -0.2) is 17.8 Å². The van der Waals surface area contributed by atoms with Crippen molar-refractivity contribution in [1.29, 1.82) is 0 Å². The predicted octanol–water partition coefficient (Wildman–Crippen LogP) is 3.22. The second-order valence-corrected chi connectivity index (χ2v) is 8.32. The second kappa shape index (κ2) is 7.20. The lowest BCUT2D eigenvalue weighted by Crippen LogP contribution is -2.39. The minimum Gasteiger partial charge on any atom is -0.489 e. The Hall–Kier alpha value is -3.00.